The number of thiophene rings is 1. The first-order valence-corrected chi connectivity index (χ1v) is 9.97. The lowest BCUT2D eigenvalue weighted by molar-refractivity contribution is -0.125. The molecule has 0 saturated carbocycles. The Balaban J connectivity index is 1.71. The Hall–Kier alpha value is -0.960. The zero-order chi connectivity index (χ0) is 15.6. The molecule has 0 spiro atoms. The van der Waals surface area contributed by atoms with Gasteiger partial charge in [-0.25, -0.2) is 8.42 Å². The van der Waals surface area contributed by atoms with Gasteiger partial charge in [0.15, 0.2) is 0 Å². The molecule has 2 N–H and O–H groups in total. The fourth-order valence-electron chi connectivity index (χ4n) is 3.08. The van der Waals surface area contributed by atoms with Crippen LogP contribution in [0.25, 0.3) is 0 Å². The summed E-state index contributed by atoms with van der Waals surface area (Å²) in [5.41, 5.74) is 0. The first-order chi connectivity index (χ1) is 10.6. The maximum atomic E-state index is 12.6. The molecule has 22 heavy (non-hydrogen) atoms. The molecule has 1 amide bonds. The van der Waals surface area contributed by atoms with E-state index in [9.17, 15) is 13.2 Å². The number of nitrogens with one attached hydrogen (secondary N) is 2. The average Bonchev–Trinajstić information content (AvgIpc) is 3.20. The van der Waals surface area contributed by atoms with Gasteiger partial charge in [-0.05, 0) is 50.2 Å². The van der Waals surface area contributed by atoms with E-state index in [0.29, 0.717) is 17.2 Å². The third-order valence-corrected chi connectivity index (χ3v) is 7.53. The Morgan fingerprint density at radius 2 is 2.09 bits per heavy atom. The van der Waals surface area contributed by atoms with Crippen molar-refractivity contribution in [3.63, 3.8) is 0 Å². The van der Waals surface area contributed by atoms with Crippen molar-refractivity contribution in [1.82, 2.24) is 14.9 Å². The quantitative estimate of drug-likeness (QED) is 0.846. The van der Waals surface area contributed by atoms with Gasteiger partial charge in [-0.2, -0.15) is 4.31 Å². The molecule has 122 valence electrons. The molecule has 0 aromatic carbocycles. The van der Waals surface area contributed by atoms with Gasteiger partial charge in [-0.15, -0.1) is 11.3 Å². The number of piperidine rings is 1. The number of nitrogens with zero attached hydrogens (tertiary/aromatic N) is 1. The number of carbonyl (C=O) groups is 1. The summed E-state index contributed by atoms with van der Waals surface area (Å²) in [5, 5.41) is 8.02. The van der Waals surface area contributed by atoms with Gasteiger partial charge in [0, 0.05) is 12.6 Å². The van der Waals surface area contributed by atoms with Crippen molar-refractivity contribution in [3.8, 4) is 0 Å². The molecule has 0 aliphatic carbocycles. The predicted molar refractivity (Wildman–Crippen MR) is 85.3 cm³/mol. The smallest absolute Gasteiger partial charge is 0.253 e. The Morgan fingerprint density at radius 1 is 1.32 bits per heavy atom. The van der Waals surface area contributed by atoms with Crippen LogP contribution < -0.4 is 10.6 Å². The third kappa shape index (κ3) is 3.19. The maximum Gasteiger partial charge on any atom is 0.253 e. The summed E-state index contributed by atoms with van der Waals surface area (Å²) in [6.07, 6.45) is 3.13. The number of carbonyl (C=O) groups excluding carboxylic acids is 1. The molecule has 2 saturated heterocycles. The van der Waals surface area contributed by atoms with Crippen LogP contribution in [0.5, 0.6) is 0 Å². The average molecular weight is 343 g/mol. The fraction of sp³-hybridized carbons (Fsp3) is 0.643. The van der Waals surface area contributed by atoms with Crippen LogP contribution in [0.2, 0.25) is 0 Å². The zero-order valence-corrected chi connectivity index (χ0v) is 14.0. The van der Waals surface area contributed by atoms with Crippen molar-refractivity contribution in [2.24, 2.45) is 0 Å². The molecule has 0 bridgehead atoms. The van der Waals surface area contributed by atoms with Crippen LogP contribution in [0.3, 0.4) is 0 Å². The first kappa shape index (κ1) is 15.9. The van der Waals surface area contributed by atoms with Gasteiger partial charge in [0.1, 0.15) is 10.3 Å². The number of hydrogen-bond acceptors (Lipinski definition) is 5. The van der Waals surface area contributed by atoms with Crippen molar-refractivity contribution in [1.29, 1.82) is 0 Å². The van der Waals surface area contributed by atoms with E-state index in [1.165, 1.54) is 15.6 Å². The van der Waals surface area contributed by atoms with Gasteiger partial charge in [0.05, 0.1) is 0 Å². The number of sulfonamides is 1. The van der Waals surface area contributed by atoms with Crippen LogP contribution in [-0.2, 0) is 14.8 Å². The fourth-order valence-corrected chi connectivity index (χ4v) is 5.86. The molecule has 1 atom stereocenters. The van der Waals surface area contributed by atoms with Crippen molar-refractivity contribution in [2.75, 3.05) is 19.6 Å². The molecule has 2 aliphatic heterocycles. The van der Waals surface area contributed by atoms with Crippen molar-refractivity contribution in [3.05, 3.63) is 17.5 Å². The van der Waals surface area contributed by atoms with Gasteiger partial charge in [0.25, 0.3) is 10.0 Å². The summed E-state index contributed by atoms with van der Waals surface area (Å²) in [5.74, 6) is -0.149. The molecule has 1 unspecified atom stereocenters. The van der Waals surface area contributed by atoms with Crippen molar-refractivity contribution in [2.45, 2.75) is 42.0 Å². The van der Waals surface area contributed by atoms with E-state index in [0.717, 1.165) is 32.4 Å². The van der Waals surface area contributed by atoms with E-state index in [-0.39, 0.29) is 11.9 Å². The second kappa shape index (κ2) is 6.66. The highest BCUT2D eigenvalue weighted by atomic mass is 32.2. The van der Waals surface area contributed by atoms with Gasteiger partial charge < -0.3 is 10.6 Å². The highest BCUT2D eigenvalue weighted by Crippen LogP contribution is 2.28. The third-order valence-electron chi connectivity index (χ3n) is 4.25. The van der Waals surface area contributed by atoms with Crippen molar-refractivity contribution < 1.29 is 13.2 Å². The minimum atomic E-state index is -3.55. The summed E-state index contributed by atoms with van der Waals surface area (Å²) in [7, 11) is -3.55. The molecular weight excluding hydrogens is 322 g/mol. The molecule has 1 aromatic rings. The summed E-state index contributed by atoms with van der Waals surface area (Å²) < 4.78 is 27.0. The minimum Gasteiger partial charge on any atom is -0.352 e. The second-order valence-corrected chi connectivity index (χ2v) is 8.80. The summed E-state index contributed by atoms with van der Waals surface area (Å²) in [4.78, 5) is 12.5. The molecule has 2 fully saturated rings. The molecule has 0 radical (unpaired) electrons. The Bertz CT molecular complexity index is 609. The van der Waals surface area contributed by atoms with E-state index in [1.807, 2.05) is 0 Å². The van der Waals surface area contributed by atoms with Gasteiger partial charge >= 0.3 is 0 Å². The minimum absolute atomic E-state index is 0.149. The lowest BCUT2D eigenvalue weighted by atomic mass is 10.1. The lowest BCUT2D eigenvalue weighted by Crippen LogP contribution is -2.50. The van der Waals surface area contributed by atoms with Crippen LogP contribution in [0, 0.1) is 0 Å². The van der Waals surface area contributed by atoms with Crippen LogP contribution in [-0.4, -0.2) is 50.3 Å². The number of hydrogen-bond donors (Lipinski definition) is 2. The van der Waals surface area contributed by atoms with E-state index < -0.39 is 16.1 Å². The standard InChI is InChI=1S/C14H21N3O3S2/c18-14(16-11-5-7-15-8-6-11)12-3-1-9-17(12)22(19,20)13-4-2-10-21-13/h2,4,10-12,15H,1,3,5-9H2,(H,16,18). The Morgan fingerprint density at radius 3 is 2.77 bits per heavy atom. The normalized spacial score (nSPS) is 24.5. The van der Waals surface area contributed by atoms with E-state index in [2.05, 4.69) is 10.6 Å². The van der Waals surface area contributed by atoms with Crippen LogP contribution in [0.1, 0.15) is 25.7 Å². The topological polar surface area (TPSA) is 78.5 Å². The zero-order valence-electron chi connectivity index (χ0n) is 12.3. The number of amides is 1. The molecule has 6 nitrogen and oxygen atoms in total. The Kier molecular flexibility index (Phi) is 4.82. The maximum absolute atomic E-state index is 12.6. The summed E-state index contributed by atoms with van der Waals surface area (Å²) in [6, 6.07) is 2.90. The summed E-state index contributed by atoms with van der Waals surface area (Å²) >= 11 is 1.20. The van der Waals surface area contributed by atoms with Crippen LogP contribution >= 0.6 is 11.3 Å². The Labute approximate surface area is 134 Å². The highest BCUT2D eigenvalue weighted by molar-refractivity contribution is 7.91. The second-order valence-electron chi connectivity index (χ2n) is 5.74. The molecule has 3 heterocycles. The largest absolute Gasteiger partial charge is 0.352 e. The van der Waals surface area contributed by atoms with E-state index in [1.54, 1.807) is 17.5 Å². The molecule has 1 aromatic heterocycles. The predicted octanol–water partition coefficient (Wildman–Crippen LogP) is 0.769. The first-order valence-electron chi connectivity index (χ1n) is 7.65. The van der Waals surface area contributed by atoms with E-state index >= 15 is 0 Å². The SMILES string of the molecule is O=C(NC1CCNCC1)C1CCCN1S(=O)(=O)c1cccs1. The summed E-state index contributed by atoms with van der Waals surface area (Å²) in [6.45, 7) is 2.21. The van der Waals surface area contributed by atoms with Crippen LogP contribution in [0.15, 0.2) is 21.7 Å². The molecule has 3 rings (SSSR count). The van der Waals surface area contributed by atoms with Crippen LogP contribution in [0.4, 0.5) is 0 Å². The number of rotatable bonds is 4. The molecular formula is C14H21N3O3S2. The van der Waals surface area contributed by atoms with Crippen molar-refractivity contribution >= 4 is 27.3 Å². The molecule has 8 heteroatoms. The molecule has 2 aliphatic rings. The van der Waals surface area contributed by atoms with Gasteiger partial charge in [-0.1, -0.05) is 6.07 Å². The van der Waals surface area contributed by atoms with Gasteiger partial charge in [-0.3, -0.25) is 4.79 Å². The highest BCUT2D eigenvalue weighted by Gasteiger charge is 2.40. The lowest BCUT2D eigenvalue weighted by Gasteiger charge is -2.28. The van der Waals surface area contributed by atoms with Gasteiger partial charge in [0.2, 0.25) is 5.91 Å². The monoisotopic (exact) mass is 343 g/mol. The van der Waals surface area contributed by atoms with E-state index in [4.69, 9.17) is 0 Å².